The molecule has 2 saturated heterocycles. The van der Waals surface area contributed by atoms with Gasteiger partial charge in [-0.25, -0.2) is 4.79 Å². The van der Waals surface area contributed by atoms with Gasteiger partial charge in [0.05, 0.1) is 0 Å². The maximum atomic E-state index is 12.3. The van der Waals surface area contributed by atoms with Crippen LogP contribution in [-0.2, 0) is 4.79 Å². The normalized spacial score (nSPS) is 28.6. The van der Waals surface area contributed by atoms with Crippen molar-refractivity contribution < 1.29 is 9.59 Å². The monoisotopic (exact) mass is 279 g/mol. The fourth-order valence-corrected chi connectivity index (χ4v) is 3.30. The molecular formula is C15H25N3O2. The van der Waals surface area contributed by atoms with E-state index in [2.05, 4.69) is 11.9 Å². The fourth-order valence-electron chi connectivity index (χ4n) is 3.30. The number of amides is 3. The Bertz CT molecular complexity index is 395. The Morgan fingerprint density at radius 2 is 1.95 bits per heavy atom. The number of urea groups is 1. The van der Waals surface area contributed by atoms with E-state index in [1.54, 1.807) is 4.90 Å². The van der Waals surface area contributed by atoms with Crippen LogP contribution in [0.2, 0.25) is 0 Å². The number of hydrogen-bond acceptors (Lipinski definition) is 3. The molecule has 3 aliphatic rings. The number of imide groups is 1. The van der Waals surface area contributed by atoms with Gasteiger partial charge in [0.2, 0.25) is 5.91 Å². The predicted octanol–water partition coefficient (Wildman–Crippen LogP) is 1.54. The van der Waals surface area contributed by atoms with Gasteiger partial charge in [-0.15, -0.1) is 0 Å². The maximum absolute atomic E-state index is 12.3. The minimum Gasteiger partial charge on any atom is -0.313 e. The average molecular weight is 279 g/mol. The van der Waals surface area contributed by atoms with Gasteiger partial charge >= 0.3 is 6.03 Å². The molecule has 3 rings (SSSR count). The lowest BCUT2D eigenvalue weighted by Gasteiger charge is -2.34. The van der Waals surface area contributed by atoms with Gasteiger partial charge in [-0.05, 0) is 38.8 Å². The maximum Gasteiger partial charge on any atom is 0.327 e. The first-order valence-electron chi connectivity index (χ1n) is 7.94. The molecule has 1 unspecified atom stereocenters. The van der Waals surface area contributed by atoms with E-state index >= 15 is 0 Å². The summed E-state index contributed by atoms with van der Waals surface area (Å²) in [4.78, 5) is 29.9. The van der Waals surface area contributed by atoms with Crippen molar-refractivity contribution in [3.8, 4) is 0 Å². The highest BCUT2D eigenvalue weighted by Gasteiger charge is 2.38. The predicted molar refractivity (Wildman–Crippen MR) is 76.3 cm³/mol. The third-order valence-corrected chi connectivity index (χ3v) is 4.94. The Kier molecular flexibility index (Phi) is 3.96. The highest BCUT2D eigenvalue weighted by atomic mass is 16.2. The number of piperidine rings is 1. The molecule has 3 amide bonds. The van der Waals surface area contributed by atoms with Gasteiger partial charge in [-0.2, -0.15) is 0 Å². The van der Waals surface area contributed by atoms with E-state index < -0.39 is 0 Å². The number of likely N-dealkylation sites (tertiary alicyclic amines) is 1. The largest absolute Gasteiger partial charge is 0.327 e. The van der Waals surface area contributed by atoms with E-state index in [4.69, 9.17) is 0 Å². The zero-order valence-corrected chi connectivity index (χ0v) is 12.4. The molecule has 2 heterocycles. The standard InChI is InChI=1S/C15H25N3O2/c1-16-8-3-2-4-13(16)10-17-11-14(19)18(15(17)20)9-7-12-5-6-12/h12-13H,2-11H2,1H3. The molecule has 5 nitrogen and oxygen atoms in total. The van der Waals surface area contributed by atoms with Gasteiger partial charge in [-0.3, -0.25) is 9.69 Å². The second-order valence-electron chi connectivity index (χ2n) is 6.57. The molecule has 112 valence electrons. The zero-order chi connectivity index (χ0) is 14.1. The van der Waals surface area contributed by atoms with Gasteiger partial charge in [-0.1, -0.05) is 19.3 Å². The van der Waals surface area contributed by atoms with Crippen LogP contribution in [0.25, 0.3) is 0 Å². The van der Waals surface area contributed by atoms with E-state index in [1.165, 1.54) is 30.6 Å². The summed E-state index contributed by atoms with van der Waals surface area (Å²) in [6.07, 6.45) is 7.15. The third kappa shape index (κ3) is 2.97. The van der Waals surface area contributed by atoms with Gasteiger partial charge in [0.15, 0.2) is 0 Å². The molecule has 0 spiro atoms. The van der Waals surface area contributed by atoms with Gasteiger partial charge < -0.3 is 9.80 Å². The van der Waals surface area contributed by atoms with Gasteiger partial charge in [0.25, 0.3) is 0 Å². The van der Waals surface area contributed by atoms with Crippen LogP contribution in [0.15, 0.2) is 0 Å². The molecule has 1 atom stereocenters. The van der Waals surface area contributed by atoms with E-state index in [0.29, 0.717) is 19.1 Å². The van der Waals surface area contributed by atoms with Gasteiger partial charge in [0.1, 0.15) is 6.54 Å². The van der Waals surface area contributed by atoms with Crippen LogP contribution in [0.3, 0.4) is 0 Å². The quantitative estimate of drug-likeness (QED) is 0.717. The minimum absolute atomic E-state index is 0.00545. The summed E-state index contributed by atoms with van der Waals surface area (Å²) in [5.74, 6) is 0.753. The smallest absolute Gasteiger partial charge is 0.313 e. The summed E-state index contributed by atoms with van der Waals surface area (Å²) >= 11 is 0. The summed E-state index contributed by atoms with van der Waals surface area (Å²) in [6, 6.07) is 0.360. The van der Waals surface area contributed by atoms with Crippen LogP contribution in [0.5, 0.6) is 0 Å². The fraction of sp³-hybridized carbons (Fsp3) is 0.867. The second-order valence-corrected chi connectivity index (χ2v) is 6.57. The van der Waals surface area contributed by atoms with Crippen LogP contribution in [-0.4, -0.2) is 65.9 Å². The first-order chi connectivity index (χ1) is 9.65. The lowest BCUT2D eigenvalue weighted by atomic mass is 10.0. The van der Waals surface area contributed by atoms with Crippen molar-refractivity contribution in [2.75, 3.05) is 33.2 Å². The molecule has 3 fully saturated rings. The molecule has 0 N–H and O–H groups in total. The van der Waals surface area contributed by atoms with Crippen molar-refractivity contribution in [3.63, 3.8) is 0 Å². The molecule has 20 heavy (non-hydrogen) atoms. The SMILES string of the molecule is CN1CCCCC1CN1CC(=O)N(CCC2CC2)C1=O. The highest BCUT2D eigenvalue weighted by Crippen LogP contribution is 2.32. The van der Waals surface area contributed by atoms with Crippen LogP contribution in [0, 0.1) is 5.92 Å². The molecule has 0 bridgehead atoms. The third-order valence-electron chi connectivity index (χ3n) is 4.94. The Morgan fingerprint density at radius 3 is 2.65 bits per heavy atom. The Hall–Kier alpha value is -1.10. The first-order valence-corrected chi connectivity index (χ1v) is 7.94. The van der Waals surface area contributed by atoms with E-state index in [1.807, 2.05) is 0 Å². The summed E-state index contributed by atoms with van der Waals surface area (Å²) in [6.45, 7) is 2.72. The average Bonchev–Trinajstić information content (AvgIpc) is 3.20. The number of nitrogens with zero attached hydrogens (tertiary/aromatic N) is 3. The molecule has 0 radical (unpaired) electrons. The number of carbonyl (C=O) groups is 2. The van der Waals surface area contributed by atoms with Crippen molar-refractivity contribution in [2.24, 2.45) is 5.92 Å². The van der Waals surface area contributed by atoms with Crippen molar-refractivity contribution in [1.29, 1.82) is 0 Å². The van der Waals surface area contributed by atoms with E-state index in [-0.39, 0.29) is 18.5 Å². The van der Waals surface area contributed by atoms with Crippen LogP contribution in [0.1, 0.15) is 38.5 Å². The molecule has 1 aliphatic carbocycles. The molecule has 0 aromatic rings. The van der Waals surface area contributed by atoms with Crippen LogP contribution >= 0.6 is 0 Å². The number of likely N-dealkylation sites (N-methyl/N-ethyl adjacent to an activating group) is 1. The topological polar surface area (TPSA) is 43.9 Å². The lowest BCUT2D eigenvalue weighted by molar-refractivity contribution is -0.125. The molecule has 0 aromatic heterocycles. The highest BCUT2D eigenvalue weighted by molar-refractivity contribution is 6.02. The van der Waals surface area contributed by atoms with Gasteiger partial charge in [0, 0.05) is 19.1 Å². The summed E-state index contributed by atoms with van der Waals surface area (Å²) in [5, 5.41) is 0. The van der Waals surface area contributed by atoms with Crippen molar-refractivity contribution in [1.82, 2.24) is 14.7 Å². The first kappa shape index (κ1) is 13.9. The number of carbonyl (C=O) groups excluding carboxylic acids is 2. The Morgan fingerprint density at radius 1 is 1.15 bits per heavy atom. The van der Waals surface area contributed by atoms with Crippen molar-refractivity contribution in [2.45, 2.75) is 44.6 Å². The van der Waals surface area contributed by atoms with Crippen LogP contribution < -0.4 is 0 Å². The Labute approximate surface area is 120 Å². The molecule has 2 aliphatic heterocycles. The lowest BCUT2D eigenvalue weighted by Crippen LogP contribution is -2.46. The molecule has 0 aromatic carbocycles. The van der Waals surface area contributed by atoms with E-state index in [0.717, 1.165) is 25.3 Å². The second kappa shape index (κ2) is 5.72. The molecule has 1 saturated carbocycles. The summed E-state index contributed by atoms with van der Waals surface area (Å²) < 4.78 is 0. The number of hydrogen-bond donors (Lipinski definition) is 0. The Balaban J connectivity index is 1.54. The van der Waals surface area contributed by atoms with Crippen LogP contribution in [0.4, 0.5) is 4.79 Å². The minimum atomic E-state index is -0.0605. The number of rotatable bonds is 5. The summed E-state index contributed by atoms with van der Waals surface area (Å²) in [7, 11) is 2.12. The zero-order valence-electron chi connectivity index (χ0n) is 12.4. The summed E-state index contributed by atoms with van der Waals surface area (Å²) in [5.41, 5.74) is 0. The van der Waals surface area contributed by atoms with Crippen molar-refractivity contribution >= 4 is 11.9 Å². The van der Waals surface area contributed by atoms with Crippen molar-refractivity contribution in [3.05, 3.63) is 0 Å². The molecule has 5 heteroatoms. The van der Waals surface area contributed by atoms with E-state index in [9.17, 15) is 9.59 Å². The molecular weight excluding hydrogens is 254 g/mol.